The smallest absolute Gasteiger partial charge is 0.240 e. The first-order valence-electron chi connectivity index (χ1n) is 6.89. The van der Waals surface area contributed by atoms with Gasteiger partial charge in [-0.2, -0.15) is 0 Å². The number of likely N-dealkylation sites (tertiary alicyclic amines) is 1. The number of nitrogens with one attached hydrogen (secondary N) is 1. The number of carbonyl (C=O) groups excluding carboxylic acids is 1. The minimum Gasteiger partial charge on any atom is -0.341 e. The van der Waals surface area contributed by atoms with Crippen LogP contribution in [0.2, 0.25) is 0 Å². The second-order valence-electron chi connectivity index (χ2n) is 5.84. The van der Waals surface area contributed by atoms with Crippen LogP contribution in [0.4, 0.5) is 0 Å². The molecule has 1 unspecified atom stereocenters. The Bertz CT molecular complexity index is 296. The average molecular weight is 254 g/mol. The van der Waals surface area contributed by atoms with Crippen molar-refractivity contribution in [2.24, 2.45) is 5.41 Å². The molecule has 0 bridgehead atoms. The summed E-state index contributed by atoms with van der Waals surface area (Å²) < 4.78 is 0. The quantitative estimate of drug-likeness (QED) is 0.775. The topological polar surface area (TPSA) is 32.3 Å². The number of rotatable bonds is 1. The molecule has 2 aliphatic heterocycles. The molecule has 3 nitrogen and oxygen atoms in total. The highest BCUT2D eigenvalue weighted by Crippen LogP contribution is 2.43. The van der Waals surface area contributed by atoms with Gasteiger partial charge in [-0.25, -0.2) is 0 Å². The molecule has 1 amide bonds. The van der Waals surface area contributed by atoms with Crippen molar-refractivity contribution in [1.82, 2.24) is 10.2 Å². The molecule has 0 radical (unpaired) electrons. The van der Waals surface area contributed by atoms with E-state index in [1.165, 1.54) is 38.5 Å². The summed E-state index contributed by atoms with van der Waals surface area (Å²) >= 11 is 1.84. The summed E-state index contributed by atoms with van der Waals surface area (Å²) in [5.74, 6) is 2.26. The SMILES string of the molecule is O=C(C1CSCN1)N1CCC2(CCCCC2)C1. The Balaban J connectivity index is 1.60. The Morgan fingerprint density at radius 2 is 2.06 bits per heavy atom. The summed E-state index contributed by atoms with van der Waals surface area (Å²) in [5, 5.41) is 3.30. The van der Waals surface area contributed by atoms with Crippen LogP contribution < -0.4 is 5.32 Å². The summed E-state index contributed by atoms with van der Waals surface area (Å²) in [6.07, 6.45) is 8.10. The lowest BCUT2D eigenvalue weighted by molar-refractivity contribution is -0.132. The molecule has 96 valence electrons. The summed E-state index contributed by atoms with van der Waals surface area (Å²) in [7, 11) is 0. The molecule has 0 aromatic carbocycles. The Morgan fingerprint density at radius 1 is 1.24 bits per heavy atom. The van der Waals surface area contributed by atoms with E-state index in [1.807, 2.05) is 11.8 Å². The first-order valence-corrected chi connectivity index (χ1v) is 8.05. The van der Waals surface area contributed by atoms with Gasteiger partial charge in [-0.15, -0.1) is 11.8 Å². The number of nitrogens with zero attached hydrogens (tertiary/aromatic N) is 1. The van der Waals surface area contributed by atoms with Gasteiger partial charge in [0.15, 0.2) is 0 Å². The van der Waals surface area contributed by atoms with Crippen LogP contribution in [0.25, 0.3) is 0 Å². The molecule has 1 saturated carbocycles. The molecule has 17 heavy (non-hydrogen) atoms. The summed E-state index contributed by atoms with van der Waals surface area (Å²) in [5.41, 5.74) is 0.500. The first kappa shape index (κ1) is 11.8. The third kappa shape index (κ3) is 2.34. The van der Waals surface area contributed by atoms with E-state index in [0.717, 1.165) is 24.7 Å². The van der Waals surface area contributed by atoms with Crippen molar-refractivity contribution in [3.05, 3.63) is 0 Å². The van der Waals surface area contributed by atoms with Crippen LogP contribution in [0.15, 0.2) is 0 Å². The highest BCUT2D eigenvalue weighted by atomic mass is 32.2. The van der Waals surface area contributed by atoms with Crippen LogP contribution >= 0.6 is 11.8 Å². The van der Waals surface area contributed by atoms with Gasteiger partial charge in [0, 0.05) is 24.7 Å². The highest BCUT2D eigenvalue weighted by molar-refractivity contribution is 7.99. The second kappa shape index (κ2) is 4.81. The van der Waals surface area contributed by atoms with Crippen LogP contribution in [-0.2, 0) is 4.79 Å². The van der Waals surface area contributed by atoms with Gasteiger partial charge in [0.25, 0.3) is 0 Å². The number of carbonyl (C=O) groups is 1. The van der Waals surface area contributed by atoms with E-state index in [9.17, 15) is 4.79 Å². The third-order valence-electron chi connectivity index (χ3n) is 4.68. The lowest BCUT2D eigenvalue weighted by Gasteiger charge is -2.33. The van der Waals surface area contributed by atoms with Crippen LogP contribution in [-0.4, -0.2) is 41.6 Å². The van der Waals surface area contributed by atoms with E-state index < -0.39 is 0 Å². The summed E-state index contributed by atoms with van der Waals surface area (Å²) in [6, 6.07) is 0.0961. The van der Waals surface area contributed by atoms with Gasteiger partial charge in [0.05, 0.1) is 6.04 Å². The zero-order valence-electron chi connectivity index (χ0n) is 10.4. The maximum atomic E-state index is 12.3. The number of thioether (sulfide) groups is 1. The number of hydrogen-bond donors (Lipinski definition) is 1. The number of amides is 1. The molecular formula is C13H22N2OS. The lowest BCUT2D eigenvalue weighted by atomic mass is 9.73. The molecular weight excluding hydrogens is 232 g/mol. The minimum atomic E-state index is 0.0961. The van der Waals surface area contributed by atoms with Crippen LogP contribution in [0, 0.1) is 5.41 Å². The van der Waals surface area contributed by atoms with Gasteiger partial charge >= 0.3 is 0 Å². The predicted molar refractivity (Wildman–Crippen MR) is 71.0 cm³/mol. The molecule has 2 heterocycles. The zero-order chi connectivity index (χ0) is 11.7. The molecule has 3 fully saturated rings. The van der Waals surface area contributed by atoms with E-state index in [2.05, 4.69) is 10.2 Å². The van der Waals surface area contributed by atoms with Crippen LogP contribution in [0.1, 0.15) is 38.5 Å². The fourth-order valence-electron chi connectivity index (χ4n) is 3.61. The molecule has 0 aromatic heterocycles. The fourth-order valence-corrected chi connectivity index (χ4v) is 4.54. The maximum absolute atomic E-state index is 12.3. The largest absolute Gasteiger partial charge is 0.341 e. The lowest BCUT2D eigenvalue weighted by Crippen LogP contribution is -2.44. The van der Waals surface area contributed by atoms with Gasteiger partial charge in [-0.1, -0.05) is 19.3 Å². The fraction of sp³-hybridized carbons (Fsp3) is 0.923. The zero-order valence-corrected chi connectivity index (χ0v) is 11.2. The predicted octanol–water partition coefficient (Wildman–Crippen LogP) is 1.83. The van der Waals surface area contributed by atoms with Crippen LogP contribution in [0.5, 0.6) is 0 Å². The van der Waals surface area contributed by atoms with Crippen molar-refractivity contribution in [3.63, 3.8) is 0 Å². The van der Waals surface area contributed by atoms with Crippen molar-refractivity contribution < 1.29 is 4.79 Å². The van der Waals surface area contributed by atoms with Crippen molar-refractivity contribution in [1.29, 1.82) is 0 Å². The molecule has 3 aliphatic rings. The summed E-state index contributed by atoms with van der Waals surface area (Å²) in [4.78, 5) is 14.5. The normalized spacial score (nSPS) is 32.2. The molecule has 1 N–H and O–H groups in total. The summed E-state index contributed by atoms with van der Waals surface area (Å²) in [6.45, 7) is 2.04. The van der Waals surface area contributed by atoms with Gasteiger partial charge in [-0.05, 0) is 24.7 Å². The molecule has 1 atom stereocenters. The van der Waals surface area contributed by atoms with E-state index in [-0.39, 0.29) is 6.04 Å². The van der Waals surface area contributed by atoms with E-state index >= 15 is 0 Å². The van der Waals surface area contributed by atoms with Gasteiger partial charge in [0.2, 0.25) is 5.91 Å². The van der Waals surface area contributed by atoms with Crippen molar-refractivity contribution in [3.8, 4) is 0 Å². The standard InChI is InChI=1S/C13H22N2OS/c16-12(11-8-17-10-14-11)15-7-6-13(9-15)4-2-1-3-5-13/h11,14H,1-10H2. The third-order valence-corrected chi connectivity index (χ3v) is 5.62. The Hall–Kier alpha value is -0.220. The molecule has 1 spiro atoms. The number of hydrogen-bond acceptors (Lipinski definition) is 3. The Labute approximate surface area is 108 Å². The molecule has 4 heteroatoms. The molecule has 2 saturated heterocycles. The minimum absolute atomic E-state index is 0.0961. The van der Waals surface area contributed by atoms with Gasteiger partial charge in [0.1, 0.15) is 0 Å². The van der Waals surface area contributed by atoms with Crippen LogP contribution in [0.3, 0.4) is 0 Å². The Kier molecular flexibility index (Phi) is 3.35. The van der Waals surface area contributed by atoms with Crippen molar-refractivity contribution >= 4 is 17.7 Å². The van der Waals surface area contributed by atoms with Crippen molar-refractivity contribution in [2.75, 3.05) is 24.7 Å². The molecule has 3 rings (SSSR count). The van der Waals surface area contributed by atoms with Crippen molar-refractivity contribution in [2.45, 2.75) is 44.6 Å². The molecule has 1 aliphatic carbocycles. The monoisotopic (exact) mass is 254 g/mol. The van der Waals surface area contributed by atoms with E-state index in [4.69, 9.17) is 0 Å². The second-order valence-corrected chi connectivity index (χ2v) is 6.87. The average Bonchev–Trinajstić information content (AvgIpc) is 2.99. The van der Waals surface area contributed by atoms with E-state index in [1.54, 1.807) is 0 Å². The van der Waals surface area contributed by atoms with E-state index in [0.29, 0.717) is 11.3 Å². The van der Waals surface area contributed by atoms with Gasteiger partial charge < -0.3 is 4.90 Å². The Morgan fingerprint density at radius 3 is 2.76 bits per heavy atom. The molecule has 0 aromatic rings. The first-order chi connectivity index (χ1) is 8.29. The maximum Gasteiger partial charge on any atom is 0.240 e. The highest BCUT2D eigenvalue weighted by Gasteiger charge is 2.42. The van der Waals surface area contributed by atoms with Gasteiger partial charge in [-0.3, -0.25) is 10.1 Å².